The van der Waals surface area contributed by atoms with Gasteiger partial charge in [-0.1, -0.05) is 13.8 Å². The summed E-state index contributed by atoms with van der Waals surface area (Å²) in [7, 11) is 0. The van der Waals surface area contributed by atoms with Crippen molar-refractivity contribution >= 4 is 5.91 Å². The fourth-order valence-corrected chi connectivity index (χ4v) is 1.20. The molecular formula is C13H28N2O2. The van der Waals surface area contributed by atoms with Crippen LogP contribution in [0, 0.1) is 0 Å². The van der Waals surface area contributed by atoms with Crippen LogP contribution in [-0.2, 0) is 9.53 Å². The number of unbranched alkanes of at least 4 members (excludes halogenated alkanes) is 1. The number of nitrogens with one attached hydrogen (secondary N) is 2. The molecule has 0 fully saturated rings. The van der Waals surface area contributed by atoms with Crippen LogP contribution in [0.25, 0.3) is 0 Å². The highest BCUT2D eigenvalue weighted by molar-refractivity contribution is 5.77. The van der Waals surface area contributed by atoms with Crippen LogP contribution in [-0.4, -0.2) is 37.2 Å². The van der Waals surface area contributed by atoms with Crippen LogP contribution >= 0.6 is 0 Å². The minimum Gasteiger partial charge on any atom is -0.366 e. The molecule has 0 aliphatic rings. The number of hydrogen-bond acceptors (Lipinski definition) is 3. The fourth-order valence-electron chi connectivity index (χ4n) is 1.20. The molecule has 2 N–H and O–H groups in total. The first-order valence-corrected chi connectivity index (χ1v) is 6.45. The van der Waals surface area contributed by atoms with Crippen molar-refractivity contribution in [3.8, 4) is 0 Å². The molecule has 0 aromatic carbocycles. The second kappa shape index (κ2) is 8.48. The molecule has 1 amide bonds. The number of hydrogen-bond donors (Lipinski definition) is 2. The van der Waals surface area contributed by atoms with Gasteiger partial charge in [0.1, 0.15) is 6.61 Å². The van der Waals surface area contributed by atoms with Crippen molar-refractivity contribution in [1.29, 1.82) is 0 Å². The summed E-state index contributed by atoms with van der Waals surface area (Å²) in [6.07, 6.45) is 2.08. The van der Waals surface area contributed by atoms with E-state index in [1.165, 1.54) is 0 Å². The summed E-state index contributed by atoms with van der Waals surface area (Å²) in [6, 6.07) is 0.532. The second-order valence-corrected chi connectivity index (χ2v) is 5.57. The Morgan fingerprint density at radius 1 is 1.18 bits per heavy atom. The van der Waals surface area contributed by atoms with Crippen LogP contribution in [0.15, 0.2) is 0 Å². The van der Waals surface area contributed by atoms with E-state index in [2.05, 4.69) is 24.5 Å². The monoisotopic (exact) mass is 244 g/mol. The van der Waals surface area contributed by atoms with Crippen LogP contribution in [0.4, 0.5) is 0 Å². The zero-order valence-corrected chi connectivity index (χ0v) is 11.9. The highest BCUT2D eigenvalue weighted by Gasteiger charge is 2.12. The first-order valence-electron chi connectivity index (χ1n) is 6.45. The van der Waals surface area contributed by atoms with Gasteiger partial charge in [-0.15, -0.1) is 0 Å². The lowest BCUT2D eigenvalue weighted by atomic mass is 10.2. The van der Waals surface area contributed by atoms with Crippen molar-refractivity contribution in [3.05, 3.63) is 0 Å². The molecule has 0 heterocycles. The fraction of sp³-hybridized carbons (Fsp3) is 0.923. The molecule has 0 saturated carbocycles. The van der Waals surface area contributed by atoms with Gasteiger partial charge < -0.3 is 15.4 Å². The van der Waals surface area contributed by atoms with Gasteiger partial charge in [-0.25, -0.2) is 0 Å². The maximum atomic E-state index is 11.4. The average molecular weight is 244 g/mol. The van der Waals surface area contributed by atoms with Gasteiger partial charge in [0.25, 0.3) is 0 Å². The Morgan fingerprint density at radius 2 is 1.76 bits per heavy atom. The molecule has 0 aromatic heterocycles. The zero-order valence-electron chi connectivity index (χ0n) is 11.9. The lowest BCUT2D eigenvalue weighted by Gasteiger charge is -2.18. The smallest absolute Gasteiger partial charge is 0.246 e. The largest absolute Gasteiger partial charge is 0.366 e. The molecule has 0 aliphatic carbocycles. The number of carbonyl (C=O) groups excluding carboxylic acids is 1. The maximum Gasteiger partial charge on any atom is 0.246 e. The Labute approximate surface area is 105 Å². The van der Waals surface area contributed by atoms with E-state index in [9.17, 15) is 4.79 Å². The van der Waals surface area contributed by atoms with E-state index >= 15 is 0 Å². The molecule has 0 saturated heterocycles. The van der Waals surface area contributed by atoms with E-state index in [0.29, 0.717) is 6.04 Å². The van der Waals surface area contributed by atoms with Gasteiger partial charge in [0.05, 0.1) is 5.60 Å². The Kier molecular flexibility index (Phi) is 8.17. The van der Waals surface area contributed by atoms with Gasteiger partial charge in [-0.05, 0) is 40.2 Å². The highest BCUT2D eigenvalue weighted by Crippen LogP contribution is 2.05. The first kappa shape index (κ1) is 16.4. The molecule has 17 heavy (non-hydrogen) atoms. The minimum atomic E-state index is -0.251. The average Bonchev–Trinajstić information content (AvgIpc) is 2.19. The Hall–Kier alpha value is -0.610. The normalized spacial score (nSPS) is 11.9. The van der Waals surface area contributed by atoms with Gasteiger partial charge in [0.15, 0.2) is 0 Å². The molecule has 0 radical (unpaired) electrons. The Morgan fingerprint density at radius 3 is 2.29 bits per heavy atom. The molecule has 0 unspecified atom stereocenters. The predicted octanol–water partition coefficient (Wildman–Crippen LogP) is 1.70. The Bertz CT molecular complexity index is 210. The molecule has 4 nitrogen and oxygen atoms in total. The summed E-state index contributed by atoms with van der Waals surface area (Å²) in [6.45, 7) is 12.0. The molecule has 4 heteroatoms. The minimum absolute atomic E-state index is 0.0308. The summed E-state index contributed by atoms with van der Waals surface area (Å²) < 4.78 is 5.38. The summed E-state index contributed by atoms with van der Waals surface area (Å²) in [5, 5.41) is 6.19. The van der Waals surface area contributed by atoms with Gasteiger partial charge >= 0.3 is 0 Å². The van der Waals surface area contributed by atoms with Gasteiger partial charge in [0.2, 0.25) is 5.91 Å². The lowest BCUT2D eigenvalue weighted by Crippen LogP contribution is -2.33. The quantitative estimate of drug-likeness (QED) is 0.639. The SMILES string of the molecule is CC(C)NCCCCNC(=O)COC(C)(C)C. The van der Waals surface area contributed by atoms with E-state index in [0.717, 1.165) is 25.9 Å². The maximum absolute atomic E-state index is 11.4. The van der Waals surface area contributed by atoms with Crippen molar-refractivity contribution in [1.82, 2.24) is 10.6 Å². The van der Waals surface area contributed by atoms with Crippen LogP contribution < -0.4 is 10.6 Å². The van der Waals surface area contributed by atoms with Crippen molar-refractivity contribution in [3.63, 3.8) is 0 Å². The molecule has 0 aromatic rings. The number of ether oxygens (including phenoxy) is 1. The third-order valence-electron chi connectivity index (χ3n) is 2.11. The first-order chi connectivity index (χ1) is 7.81. The van der Waals surface area contributed by atoms with Crippen LogP contribution in [0.3, 0.4) is 0 Å². The van der Waals surface area contributed by atoms with Gasteiger partial charge in [0, 0.05) is 12.6 Å². The summed E-state index contributed by atoms with van der Waals surface area (Å²) in [5.41, 5.74) is -0.251. The summed E-state index contributed by atoms with van der Waals surface area (Å²) in [5.74, 6) is -0.0308. The van der Waals surface area contributed by atoms with E-state index in [1.807, 2.05) is 20.8 Å². The van der Waals surface area contributed by atoms with E-state index in [1.54, 1.807) is 0 Å². The third-order valence-corrected chi connectivity index (χ3v) is 2.11. The van der Waals surface area contributed by atoms with E-state index < -0.39 is 0 Å². The van der Waals surface area contributed by atoms with Crippen molar-refractivity contribution < 1.29 is 9.53 Å². The molecule has 0 spiro atoms. The second-order valence-electron chi connectivity index (χ2n) is 5.57. The number of rotatable bonds is 8. The standard InChI is InChI=1S/C13H28N2O2/c1-11(2)14-8-6-7-9-15-12(16)10-17-13(3,4)5/h11,14H,6-10H2,1-5H3,(H,15,16). The lowest BCUT2D eigenvalue weighted by molar-refractivity contribution is -0.130. The zero-order chi connectivity index (χ0) is 13.3. The van der Waals surface area contributed by atoms with Crippen LogP contribution in [0.1, 0.15) is 47.5 Å². The molecule has 0 bridgehead atoms. The van der Waals surface area contributed by atoms with Crippen molar-refractivity contribution in [2.75, 3.05) is 19.7 Å². The van der Waals surface area contributed by atoms with E-state index in [-0.39, 0.29) is 18.1 Å². The van der Waals surface area contributed by atoms with Crippen LogP contribution in [0.2, 0.25) is 0 Å². The Balaban J connectivity index is 3.34. The van der Waals surface area contributed by atoms with Crippen LogP contribution in [0.5, 0.6) is 0 Å². The molecule has 0 rings (SSSR count). The molecule has 102 valence electrons. The number of amides is 1. The molecular weight excluding hydrogens is 216 g/mol. The third kappa shape index (κ3) is 13.3. The number of carbonyl (C=O) groups is 1. The molecule has 0 aliphatic heterocycles. The topological polar surface area (TPSA) is 50.4 Å². The van der Waals surface area contributed by atoms with Gasteiger partial charge in [-0.3, -0.25) is 4.79 Å². The molecule has 0 atom stereocenters. The highest BCUT2D eigenvalue weighted by atomic mass is 16.5. The van der Waals surface area contributed by atoms with Gasteiger partial charge in [-0.2, -0.15) is 0 Å². The summed E-state index contributed by atoms with van der Waals surface area (Å²) >= 11 is 0. The summed E-state index contributed by atoms with van der Waals surface area (Å²) in [4.78, 5) is 11.4. The van der Waals surface area contributed by atoms with E-state index in [4.69, 9.17) is 4.74 Å². The van der Waals surface area contributed by atoms with Crippen molar-refractivity contribution in [2.24, 2.45) is 0 Å². The predicted molar refractivity (Wildman–Crippen MR) is 71.1 cm³/mol. The van der Waals surface area contributed by atoms with Crippen molar-refractivity contribution in [2.45, 2.75) is 59.1 Å².